The number of benzene rings is 2. The summed E-state index contributed by atoms with van der Waals surface area (Å²) in [7, 11) is -4.34. The lowest BCUT2D eigenvalue weighted by Crippen LogP contribution is -2.47. The number of nitrogens with zero attached hydrogens (tertiary/aromatic N) is 3. The highest BCUT2D eigenvalue weighted by atomic mass is 32.2. The SMILES string of the molecule is CCC(=O)CN1C(=O)C(=NNc2noc3ccccc23)S(=O)(=O)c2cc3c(cc21)OCO3. The van der Waals surface area contributed by atoms with Gasteiger partial charge >= 0.3 is 0 Å². The van der Waals surface area contributed by atoms with E-state index in [0.717, 1.165) is 4.90 Å². The zero-order valence-electron chi connectivity index (χ0n) is 16.7. The molecule has 0 spiro atoms. The van der Waals surface area contributed by atoms with Crippen molar-refractivity contribution in [1.82, 2.24) is 5.16 Å². The van der Waals surface area contributed by atoms with Gasteiger partial charge in [0.15, 0.2) is 28.7 Å². The highest BCUT2D eigenvalue weighted by Crippen LogP contribution is 2.43. The number of para-hydroxylation sites is 1. The van der Waals surface area contributed by atoms with Crippen molar-refractivity contribution in [2.45, 2.75) is 18.2 Å². The summed E-state index contributed by atoms with van der Waals surface area (Å²) in [5, 5.41) is 7.47. The quantitative estimate of drug-likeness (QED) is 0.571. The maximum absolute atomic E-state index is 13.3. The van der Waals surface area contributed by atoms with E-state index in [-0.39, 0.29) is 53.4 Å². The molecule has 2 aliphatic heterocycles. The number of carbonyl (C=O) groups excluding carboxylic acids is 2. The van der Waals surface area contributed by atoms with Crippen molar-refractivity contribution in [2.75, 3.05) is 23.7 Å². The molecule has 0 bridgehead atoms. The fourth-order valence-electron chi connectivity index (χ4n) is 3.41. The van der Waals surface area contributed by atoms with Gasteiger partial charge in [0.05, 0.1) is 17.6 Å². The molecule has 0 saturated heterocycles. The smallest absolute Gasteiger partial charge is 0.291 e. The summed E-state index contributed by atoms with van der Waals surface area (Å²) in [6.45, 7) is 1.26. The molecule has 0 atom stereocenters. The molecule has 0 aliphatic carbocycles. The Morgan fingerprint density at radius 3 is 2.75 bits per heavy atom. The van der Waals surface area contributed by atoms with Crippen LogP contribution in [0.3, 0.4) is 0 Å². The minimum Gasteiger partial charge on any atom is -0.454 e. The van der Waals surface area contributed by atoms with Gasteiger partial charge in [0.25, 0.3) is 5.91 Å². The molecule has 0 unspecified atom stereocenters. The molecule has 5 rings (SSSR count). The molecular weight excluding hydrogens is 440 g/mol. The minimum atomic E-state index is -4.34. The van der Waals surface area contributed by atoms with E-state index < -0.39 is 20.8 Å². The molecule has 1 amide bonds. The van der Waals surface area contributed by atoms with Crippen LogP contribution in [-0.2, 0) is 19.4 Å². The lowest BCUT2D eigenvalue weighted by molar-refractivity contribution is -0.120. The number of hydrogen-bond acceptors (Lipinski definition) is 10. The molecule has 12 heteroatoms. The van der Waals surface area contributed by atoms with Gasteiger partial charge in [-0.05, 0) is 12.1 Å². The topological polar surface area (TPSA) is 140 Å². The van der Waals surface area contributed by atoms with Crippen LogP contribution < -0.4 is 19.8 Å². The summed E-state index contributed by atoms with van der Waals surface area (Å²) in [6, 6.07) is 9.53. The van der Waals surface area contributed by atoms with Gasteiger partial charge in [0.2, 0.25) is 21.7 Å². The van der Waals surface area contributed by atoms with Crippen LogP contribution in [0.25, 0.3) is 11.0 Å². The first kappa shape index (κ1) is 20.0. The second-order valence-electron chi connectivity index (χ2n) is 7.02. The molecule has 2 aromatic carbocycles. The number of hydrogen-bond donors (Lipinski definition) is 1. The second kappa shape index (κ2) is 7.34. The number of nitrogens with one attached hydrogen (secondary N) is 1. The zero-order chi connectivity index (χ0) is 22.5. The van der Waals surface area contributed by atoms with Crippen molar-refractivity contribution >= 4 is 49.0 Å². The summed E-state index contributed by atoms with van der Waals surface area (Å²) in [5.74, 6) is -0.551. The number of rotatable bonds is 5. The molecule has 32 heavy (non-hydrogen) atoms. The van der Waals surface area contributed by atoms with Gasteiger partial charge in [-0.15, -0.1) is 0 Å². The number of ether oxygens (including phenoxy) is 2. The average molecular weight is 456 g/mol. The van der Waals surface area contributed by atoms with Gasteiger partial charge < -0.3 is 14.0 Å². The van der Waals surface area contributed by atoms with E-state index in [1.807, 2.05) is 0 Å². The third-order valence-corrected chi connectivity index (χ3v) is 6.77. The third kappa shape index (κ3) is 3.07. The van der Waals surface area contributed by atoms with E-state index in [0.29, 0.717) is 11.0 Å². The van der Waals surface area contributed by atoms with Gasteiger partial charge in [0, 0.05) is 18.6 Å². The molecule has 0 radical (unpaired) electrons. The molecule has 0 saturated carbocycles. The van der Waals surface area contributed by atoms with Crippen molar-refractivity contribution in [3.63, 3.8) is 0 Å². The average Bonchev–Trinajstić information content (AvgIpc) is 3.42. The first-order valence-corrected chi connectivity index (χ1v) is 11.1. The highest BCUT2D eigenvalue weighted by molar-refractivity contribution is 8.08. The maximum Gasteiger partial charge on any atom is 0.291 e. The van der Waals surface area contributed by atoms with Crippen LogP contribution in [0, 0.1) is 0 Å². The largest absolute Gasteiger partial charge is 0.454 e. The Bertz CT molecular complexity index is 1410. The Morgan fingerprint density at radius 1 is 1.22 bits per heavy atom. The van der Waals surface area contributed by atoms with Crippen LogP contribution >= 0.6 is 0 Å². The highest BCUT2D eigenvalue weighted by Gasteiger charge is 2.44. The number of fused-ring (bicyclic) bond motifs is 3. The van der Waals surface area contributed by atoms with Crippen molar-refractivity contribution in [3.05, 3.63) is 36.4 Å². The Labute approximate surface area is 181 Å². The van der Waals surface area contributed by atoms with E-state index in [4.69, 9.17) is 14.0 Å². The first-order chi connectivity index (χ1) is 15.4. The van der Waals surface area contributed by atoms with Gasteiger partial charge in [-0.3, -0.25) is 19.9 Å². The summed E-state index contributed by atoms with van der Waals surface area (Å²) < 4.78 is 42.4. The fraction of sp³-hybridized carbons (Fsp3) is 0.200. The van der Waals surface area contributed by atoms with E-state index in [2.05, 4.69) is 15.7 Å². The summed E-state index contributed by atoms with van der Waals surface area (Å²) in [4.78, 5) is 26.2. The predicted octanol–water partition coefficient (Wildman–Crippen LogP) is 2.08. The molecule has 3 heterocycles. The molecular formula is C20H16N4O7S. The molecule has 1 aromatic heterocycles. The van der Waals surface area contributed by atoms with Crippen LogP contribution in [0.5, 0.6) is 11.5 Å². The Kier molecular flexibility index (Phi) is 4.59. The monoisotopic (exact) mass is 456 g/mol. The Hall–Kier alpha value is -3.93. The number of sulfone groups is 1. The van der Waals surface area contributed by atoms with Crippen molar-refractivity contribution in [2.24, 2.45) is 5.10 Å². The van der Waals surface area contributed by atoms with Crippen LogP contribution in [0.1, 0.15) is 13.3 Å². The number of anilines is 2. The zero-order valence-corrected chi connectivity index (χ0v) is 17.5. The number of amides is 1. The molecule has 2 aliphatic rings. The van der Waals surface area contributed by atoms with Crippen LogP contribution in [-0.4, -0.2) is 43.6 Å². The van der Waals surface area contributed by atoms with Gasteiger partial charge in [0.1, 0.15) is 4.90 Å². The predicted molar refractivity (Wildman–Crippen MR) is 112 cm³/mol. The number of aromatic nitrogens is 1. The molecule has 0 fully saturated rings. The summed E-state index contributed by atoms with van der Waals surface area (Å²) >= 11 is 0. The Morgan fingerprint density at radius 2 is 1.97 bits per heavy atom. The minimum absolute atomic E-state index is 0.0342. The van der Waals surface area contributed by atoms with Crippen molar-refractivity contribution < 1.29 is 32.0 Å². The second-order valence-corrected chi connectivity index (χ2v) is 8.85. The van der Waals surface area contributed by atoms with Gasteiger partial charge in [-0.25, -0.2) is 8.42 Å². The third-order valence-electron chi connectivity index (χ3n) is 5.09. The summed E-state index contributed by atoms with van der Waals surface area (Å²) in [6.07, 6.45) is 0.173. The number of Topliss-reactive ketones (excluding diaryl/α,β-unsaturated/α-hetero) is 1. The number of hydrazone groups is 1. The van der Waals surface area contributed by atoms with Gasteiger partial charge in [-0.1, -0.05) is 24.2 Å². The van der Waals surface area contributed by atoms with E-state index in [1.165, 1.54) is 12.1 Å². The molecule has 3 aromatic rings. The van der Waals surface area contributed by atoms with Gasteiger partial charge in [-0.2, -0.15) is 5.10 Å². The molecule has 164 valence electrons. The van der Waals surface area contributed by atoms with Crippen molar-refractivity contribution in [1.29, 1.82) is 0 Å². The van der Waals surface area contributed by atoms with Crippen LogP contribution in [0.2, 0.25) is 0 Å². The van der Waals surface area contributed by atoms with Crippen molar-refractivity contribution in [3.8, 4) is 11.5 Å². The lowest BCUT2D eigenvalue weighted by Gasteiger charge is -2.29. The fourth-order valence-corrected chi connectivity index (χ4v) is 4.83. The van der Waals surface area contributed by atoms with E-state index >= 15 is 0 Å². The standard InChI is InChI=1S/C20H16N4O7S/c1-2-11(25)9-24-13-7-15-16(30-10-29-15)8-17(13)32(27,28)19(20(24)26)22-21-18-12-5-3-4-6-14(12)31-23-18/h3-8H,2,9-10H2,1H3,(H,21,23). The number of ketones is 1. The maximum atomic E-state index is 13.3. The first-order valence-electron chi connectivity index (χ1n) is 9.60. The number of carbonyl (C=O) groups is 2. The normalized spacial score (nSPS) is 17.6. The lowest BCUT2D eigenvalue weighted by atomic mass is 10.2. The molecule has 11 nitrogen and oxygen atoms in total. The Balaban J connectivity index is 1.62. The molecule has 1 N–H and O–H groups in total. The van der Waals surface area contributed by atoms with Crippen LogP contribution in [0.4, 0.5) is 11.5 Å². The summed E-state index contributed by atoms with van der Waals surface area (Å²) in [5.41, 5.74) is 3.00. The van der Waals surface area contributed by atoms with Crippen LogP contribution in [0.15, 0.2) is 50.9 Å². The van der Waals surface area contributed by atoms with E-state index in [1.54, 1.807) is 31.2 Å². The van der Waals surface area contributed by atoms with E-state index in [9.17, 15) is 18.0 Å².